The first-order valence-electron chi connectivity index (χ1n) is 5.24. The third kappa shape index (κ3) is 2.79. The van der Waals surface area contributed by atoms with E-state index in [-0.39, 0.29) is 5.88 Å². The molecule has 0 radical (unpaired) electrons. The quantitative estimate of drug-likeness (QED) is 0.837. The number of nitrogens with zero attached hydrogens (tertiary/aromatic N) is 2. The molecule has 6 heteroatoms. The van der Waals surface area contributed by atoms with Gasteiger partial charge in [0.15, 0.2) is 0 Å². The minimum atomic E-state index is -0.559. The summed E-state index contributed by atoms with van der Waals surface area (Å²) in [7, 11) is 0. The van der Waals surface area contributed by atoms with Crippen molar-refractivity contribution in [2.45, 2.75) is 13.3 Å². The molecule has 1 heterocycles. The predicted octanol–water partition coefficient (Wildman–Crippen LogP) is 4.39. The summed E-state index contributed by atoms with van der Waals surface area (Å²) in [4.78, 5) is 7.60. The van der Waals surface area contributed by atoms with Gasteiger partial charge in [-0.3, -0.25) is 0 Å². The van der Waals surface area contributed by atoms with Crippen molar-refractivity contribution in [3.05, 3.63) is 45.5 Å². The predicted molar refractivity (Wildman–Crippen MR) is 70.6 cm³/mol. The molecule has 0 aliphatic rings. The van der Waals surface area contributed by atoms with Crippen molar-refractivity contribution in [2.75, 3.05) is 0 Å². The summed E-state index contributed by atoms with van der Waals surface area (Å²) in [5.74, 6) is -0.344. The number of ether oxygens (including phenoxy) is 1. The molecule has 2 aromatic rings. The van der Waals surface area contributed by atoms with Crippen LogP contribution in [0.15, 0.2) is 29.0 Å². The van der Waals surface area contributed by atoms with Crippen LogP contribution in [0.1, 0.15) is 12.6 Å². The van der Waals surface area contributed by atoms with Crippen LogP contribution in [0.4, 0.5) is 4.39 Å². The highest BCUT2D eigenvalue weighted by Crippen LogP contribution is 2.32. The first-order valence-corrected chi connectivity index (χ1v) is 6.41. The van der Waals surface area contributed by atoms with Crippen molar-refractivity contribution in [1.29, 1.82) is 0 Å². The third-order valence-corrected chi connectivity index (χ3v) is 3.07. The zero-order valence-electron chi connectivity index (χ0n) is 9.45. The first-order chi connectivity index (χ1) is 8.61. The maximum absolute atomic E-state index is 13.9. The van der Waals surface area contributed by atoms with Gasteiger partial charge in [-0.15, -0.1) is 0 Å². The standard InChI is InChI=1S/C12H9BrClFN2O/c1-2-9-11(15)12(17-6-16-9)18-10-5-7(13)3-4-8(10)14/h3-6H,2H2,1H3. The van der Waals surface area contributed by atoms with Gasteiger partial charge in [0.25, 0.3) is 5.88 Å². The molecule has 0 N–H and O–H groups in total. The second-order valence-corrected chi connectivity index (χ2v) is 4.79. The van der Waals surface area contributed by atoms with Gasteiger partial charge in [0.1, 0.15) is 12.1 Å². The number of aromatic nitrogens is 2. The number of halogens is 3. The summed E-state index contributed by atoms with van der Waals surface area (Å²) in [6.07, 6.45) is 1.74. The van der Waals surface area contributed by atoms with Gasteiger partial charge in [-0.05, 0) is 24.6 Å². The molecular weight excluding hydrogens is 322 g/mol. The van der Waals surface area contributed by atoms with E-state index in [9.17, 15) is 4.39 Å². The van der Waals surface area contributed by atoms with Gasteiger partial charge in [-0.2, -0.15) is 9.37 Å². The van der Waals surface area contributed by atoms with Crippen molar-refractivity contribution < 1.29 is 9.13 Å². The fourth-order valence-electron chi connectivity index (χ4n) is 1.36. The Morgan fingerprint density at radius 2 is 2.17 bits per heavy atom. The lowest BCUT2D eigenvalue weighted by Crippen LogP contribution is -1.99. The maximum atomic E-state index is 13.9. The van der Waals surface area contributed by atoms with Crippen LogP contribution < -0.4 is 4.74 Å². The molecular formula is C12H9BrClFN2O. The van der Waals surface area contributed by atoms with Crippen LogP contribution in [0, 0.1) is 5.82 Å². The summed E-state index contributed by atoms with van der Waals surface area (Å²) in [6.45, 7) is 1.81. The number of benzene rings is 1. The van der Waals surface area contributed by atoms with E-state index >= 15 is 0 Å². The summed E-state index contributed by atoms with van der Waals surface area (Å²) in [6, 6.07) is 5.07. The Morgan fingerprint density at radius 1 is 1.39 bits per heavy atom. The van der Waals surface area contributed by atoms with Gasteiger partial charge < -0.3 is 4.74 Å². The Morgan fingerprint density at radius 3 is 2.89 bits per heavy atom. The zero-order chi connectivity index (χ0) is 13.1. The Balaban J connectivity index is 2.37. The molecule has 0 saturated carbocycles. The molecule has 0 aliphatic carbocycles. The van der Waals surface area contributed by atoms with E-state index in [1.807, 2.05) is 0 Å². The second kappa shape index (κ2) is 5.63. The van der Waals surface area contributed by atoms with E-state index in [1.54, 1.807) is 25.1 Å². The Bertz CT molecular complexity index is 580. The largest absolute Gasteiger partial charge is 0.435 e. The second-order valence-electron chi connectivity index (χ2n) is 3.47. The molecule has 0 spiro atoms. The monoisotopic (exact) mass is 330 g/mol. The van der Waals surface area contributed by atoms with Crippen LogP contribution >= 0.6 is 27.5 Å². The smallest absolute Gasteiger partial charge is 0.259 e. The minimum absolute atomic E-state index is 0.123. The van der Waals surface area contributed by atoms with Gasteiger partial charge in [-0.1, -0.05) is 34.5 Å². The first kappa shape index (κ1) is 13.2. The fourth-order valence-corrected chi connectivity index (χ4v) is 1.86. The molecule has 0 unspecified atom stereocenters. The molecule has 18 heavy (non-hydrogen) atoms. The van der Waals surface area contributed by atoms with Gasteiger partial charge in [0.05, 0.1) is 10.7 Å². The van der Waals surface area contributed by atoms with Crippen LogP contribution in [-0.2, 0) is 6.42 Å². The van der Waals surface area contributed by atoms with Crippen molar-refractivity contribution >= 4 is 27.5 Å². The maximum Gasteiger partial charge on any atom is 0.259 e. The summed E-state index contributed by atoms with van der Waals surface area (Å²) >= 11 is 9.25. The SMILES string of the molecule is CCc1ncnc(Oc2cc(Br)ccc2Cl)c1F. The van der Waals surface area contributed by atoms with Crippen LogP contribution in [0.25, 0.3) is 0 Å². The molecule has 0 atom stereocenters. The van der Waals surface area contributed by atoms with Crippen molar-refractivity contribution in [2.24, 2.45) is 0 Å². The lowest BCUT2D eigenvalue weighted by atomic mass is 10.3. The van der Waals surface area contributed by atoms with Crippen LogP contribution in [0.3, 0.4) is 0 Å². The molecule has 0 bridgehead atoms. The van der Waals surface area contributed by atoms with E-state index < -0.39 is 5.82 Å². The minimum Gasteiger partial charge on any atom is -0.435 e. The number of hydrogen-bond acceptors (Lipinski definition) is 3. The average molecular weight is 332 g/mol. The van der Waals surface area contributed by atoms with Crippen molar-refractivity contribution in [3.63, 3.8) is 0 Å². The molecule has 2 rings (SSSR count). The highest BCUT2D eigenvalue weighted by molar-refractivity contribution is 9.10. The lowest BCUT2D eigenvalue weighted by Gasteiger charge is -2.08. The van der Waals surface area contributed by atoms with Crippen LogP contribution in [0.5, 0.6) is 11.6 Å². The van der Waals surface area contributed by atoms with E-state index in [1.165, 1.54) is 6.33 Å². The van der Waals surface area contributed by atoms with Gasteiger partial charge in [-0.25, -0.2) is 4.98 Å². The molecule has 3 nitrogen and oxygen atoms in total. The Hall–Kier alpha value is -1.20. The third-order valence-electron chi connectivity index (χ3n) is 2.26. The molecule has 0 fully saturated rings. The van der Waals surface area contributed by atoms with Gasteiger partial charge >= 0.3 is 0 Å². The van der Waals surface area contributed by atoms with Crippen molar-refractivity contribution in [3.8, 4) is 11.6 Å². The molecule has 0 amide bonds. The van der Waals surface area contributed by atoms with E-state index in [4.69, 9.17) is 16.3 Å². The number of aryl methyl sites for hydroxylation is 1. The lowest BCUT2D eigenvalue weighted by molar-refractivity contribution is 0.415. The average Bonchev–Trinajstić information content (AvgIpc) is 2.36. The molecule has 0 saturated heterocycles. The molecule has 1 aromatic carbocycles. The summed E-state index contributed by atoms with van der Waals surface area (Å²) in [5.41, 5.74) is 0.311. The van der Waals surface area contributed by atoms with Gasteiger partial charge in [0.2, 0.25) is 5.82 Å². The topological polar surface area (TPSA) is 35.0 Å². The zero-order valence-corrected chi connectivity index (χ0v) is 11.8. The number of hydrogen-bond donors (Lipinski definition) is 0. The highest BCUT2D eigenvalue weighted by atomic mass is 79.9. The van der Waals surface area contributed by atoms with Crippen LogP contribution in [0.2, 0.25) is 5.02 Å². The van der Waals surface area contributed by atoms with Crippen LogP contribution in [-0.4, -0.2) is 9.97 Å². The highest BCUT2D eigenvalue weighted by Gasteiger charge is 2.13. The van der Waals surface area contributed by atoms with E-state index in [0.29, 0.717) is 22.9 Å². The Kier molecular flexibility index (Phi) is 4.14. The molecule has 1 aromatic heterocycles. The Labute approximate surface area is 117 Å². The molecule has 94 valence electrons. The normalized spacial score (nSPS) is 10.4. The number of rotatable bonds is 3. The van der Waals surface area contributed by atoms with Crippen molar-refractivity contribution in [1.82, 2.24) is 9.97 Å². The molecule has 0 aliphatic heterocycles. The van der Waals surface area contributed by atoms with Gasteiger partial charge in [0, 0.05) is 4.47 Å². The summed E-state index contributed by atoms with van der Waals surface area (Å²) < 4.78 is 20.0. The fraction of sp³-hybridized carbons (Fsp3) is 0.167. The van der Waals surface area contributed by atoms with E-state index in [2.05, 4.69) is 25.9 Å². The summed E-state index contributed by atoms with van der Waals surface area (Å²) in [5, 5.41) is 0.384. The van der Waals surface area contributed by atoms with E-state index in [0.717, 1.165) is 4.47 Å².